The summed E-state index contributed by atoms with van der Waals surface area (Å²) in [4.78, 5) is 16.8. The highest BCUT2D eigenvalue weighted by atomic mass is 19.4. The van der Waals surface area contributed by atoms with Crippen LogP contribution < -0.4 is 0 Å². The van der Waals surface area contributed by atoms with Gasteiger partial charge in [0.15, 0.2) is 0 Å². The predicted octanol–water partition coefficient (Wildman–Crippen LogP) is 3.77. The first-order valence-electron chi connectivity index (χ1n) is 10.3. The van der Waals surface area contributed by atoms with Gasteiger partial charge in [-0.3, -0.25) is 9.48 Å². The third kappa shape index (κ3) is 5.62. The van der Waals surface area contributed by atoms with Crippen molar-refractivity contribution in [2.45, 2.75) is 32.4 Å². The first kappa shape index (κ1) is 22.3. The second-order valence-electron chi connectivity index (χ2n) is 8.24. The van der Waals surface area contributed by atoms with E-state index in [2.05, 4.69) is 10.00 Å². The highest BCUT2D eigenvalue weighted by Gasteiger charge is 2.30. The van der Waals surface area contributed by atoms with Crippen molar-refractivity contribution in [1.82, 2.24) is 19.6 Å². The zero-order valence-electron chi connectivity index (χ0n) is 17.7. The van der Waals surface area contributed by atoms with Crippen LogP contribution in [-0.4, -0.2) is 58.7 Å². The molecule has 2 heterocycles. The van der Waals surface area contributed by atoms with Crippen LogP contribution in [0, 0.1) is 12.8 Å². The molecule has 0 unspecified atom stereocenters. The largest absolute Gasteiger partial charge is 0.416 e. The van der Waals surface area contributed by atoms with E-state index in [1.807, 2.05) is 14.0 Å². The summed E-state index contributed by atoms with van der Waals surface area (Å²) in [7, 11) is 3.58. The summed E-state index contributed by atoms with van der Waals surface area (Å²) in [5, 5.41) is 4.24. The van der Waals surface area contributed by atoms with E-state index in [-0.39, 0.29) is 5.91 Å². The van der Waals surface area contributed by atoms with E-state index < -0.39 is 11.7 Å². The van der Waals surface area contributed by atoms with Crippen molar-refractivity contribution in [3.05, 3.63) is 52.8 Å². The normalized spacial score (nSPS) is 17.9. The number of amides is 1. The van der Waals surface area contributed by atoms with Crippen LogP contribution in [0.4, 0.5) is 13.2 Å². The molecule has 1 aliphatic heterocycles. The first-order chi connectivity index (χ1) is 14.1. The number of benzene rings is 1. The summed E-state index contributed by atoms with van der Waals surface area (Å²) in [5.41, 5.74) is 1.49. The van der Waals surface area contributed by atoms with Gasteiger partial charge in [-0.05, 0) is 56.3 Å². The zero-order chi connectivity index (χ0) is 21.9. The van der Waals surface area contributed by atoms with Gasteiger partial charge in [-0.15, -0.1) is 0 Å². The van der Waals surface area contributed by atoms with Crippen molar-refractivity contribution in [2.75, 3.05) is 33.2 Å². The van der Waals surface area contributed by atoms with E-state index >= 15 is 0 Å². The van der Waals surface area contributed by atoms with Gasteiger partial charge in [0.2, 0.25) is 0 Å². The van der Waals surface area contributed by atoms with Crippen LogP contribution in [-0.2, 0) is 19.6 Å². The van der Waals surface area contributed by atoms with Gasteiger partial charge in [0, 0.05) is 33.7 Å². The Balaban J connectivity index is 1.53. The molecule has 0 spiro atoms. The Morgan fingerprint density at radius 3 is 2.73 bits per heavy atom. The van der Waals surface area contributed by atoms with Gasteiger partial charge in [-0.1, -0.05) is 18.2 Å². The van der Waals surface area contributed by atoms with E-state index in [0.717, 1.165) is 44.2 Å². The maximum absolute atomic E-state index is 12.9. The van der Waals surface area contributed by atoms with Gasteiger partial charge in [-0.25, -0.2) is 0 Å². The minimum Gasteiger partial charge on any atom is -0.340 e. The third-order valence-electron chi connectivity index (χ3n) is 5.67. The molecule has 1 aromatic heterocycles. The lowest BCUT2D eigenvalue weighted by Gasteiger charge is -2.34. The van der Waals surface area contributed by atoms with Gasteiger partial charge in [0.1, 0.15) is 5.69 Å². The zero-order valence-corrected chi connectivity index (χ0v) is 17.7. The number of alkyl halides is 3. The van der Waals surface area contributed by atoms with Crippen LogP contribution in [0.1, 0.15) is 40.2 Å². The minimum atomic E-state index is -4.31. The second kappa shape index (κ2) is 9.20. The van der Waals surface area contributed by atoms with E-state index in [9.17, 15) is 18.0 Å². The number of halogens is 3. The van der Waals surface area contributed by atoms with Crippen LogP contribution in [0.3, 0.4) is 0 Å². The Bertz CT molecular complexity index is 878. The molecule has 1 atom stereocenters. The molecule has 30 heavy (non-hydrogen) atoms. The van der Waals surface area contributed by atoms with Crippen LogP contribution >= 0.6 is 0 Å². The Morgan fingerprint density at radius 2 is 2.07 bits per heavy atom. The maximum atomic E-state index is 12.9. The Morgan fingerprint density at radius 1 is 1.30 bits per heavy atom. The number of nitrogens with zero attached hydrogens (tertiary/aromatic N) is 4. The molecule has 1 aromatic carbocycles. The van der Waals surface area contributed by atoms with Crippen LogP contribution in [0.25, 0.3) is 0 Å². The number of rotatable bonds is 6. The van der Waals surface area contributed by atoms with Crippen molar-refractivity contribution < 1.29 is 18.0 Å². The maximum Gasteiger partial charge on any atom is 0.416 e. The number of likely N-dealkylation sites (tertiary alicyclic amines) is 1. The van der Waals surface area contributed by atoms with Crippen LogP contribution in [0.15, 0.2) is 30.3 Å². The summed E-state index contributed by atoms with van der Waals surface area (Å²) in [6.07, 6.45) is -1.66. The number of aromatic nitrogens is 2. The molecule has 5 nitrogen and oxygen atoms in total. The molecule has 0 N–H and O–H groups in total. The lowest BCUT2D eigenvalue weighted by atomic mass is 9.96. The molecular formula is C22H29F3N4O. The average molecular weight is 422 g/mol. The average Bonchev–Trinajstić information content (AvgIpc) is 3.03. The summed E-state index contributed by atoms with van der Waals surface area (Å²) in [5.74, 6) is 0.308. The standard InChI is InChI=1S/C22H29F3N4O/c1-16-12-20(28(3)26-16)21(30)27(2)14-18-7-5-10-29(15-18)11-9-17-6-4-8-19(13-17)22(23,24)25/h4,6,8,12-13,18H,5,7,9-11,14-15H2,1-3H3/t18-/m1/s1. The predicted molar refractivity (Wildman–Crippen MR) is 109 cm³/mol. The van der Waals surface area contributed by atoms with E-state index in [1.54, 1.807) is 28.8 Å². The highest BCUT2D eigenvalue weighted by molar-refractivity contribution is 5.92. The van der Waals surface area contributed by atoms with Gasteiger partial charge < -0.3 is 9.80 Å². The number of hydrogen-bond acceptors (Lipinski definition) is 3. The monoisotopic (exact) mass is 422 g/mol. The molecule has 164 valence electrons. The third-order valence-corrected chi connectivity index (χ3v) is 5.67. The van der Waals surface area contributed by atoms with Crippen LogP contribution in [0.2, 0.25) is 0 Å². The Hall–Kier alpha value is -2.35. The number of carbonyl (C=O) groups excluding carboxylic acids is 1. The SMILES string of the molecule is Cc1cc(C(=O)N(C)C[C@H]2CCCN(CCc3cccc(C(F)(F)F)c3)C2)n(C)n1. The minimum absolute atomic E-state index is 0.0424. The fourth-order valence-corrected chi connectivity index (χ4v) is 4.17. The van der Waals surface area contributed by atoms with Crippen molar-refractivity contribution in [3.8, 4) is 0 Å². The Kier molecular flexibility index (Phi) is 6.85. The quantitative estimate of drug-likeness (QED) is 0.712. The van der Waals surface area contributed by atoms with Crippen LogP contribution in [0.5, 0.6) is 0 Å². The molecule has 8 heteroatoms. The molecule has 0 aliphatic carbocycles. The summed E-state index contributed by atoms with van der Waals surface area (Å²) < 4.78 is 40.3. The molecular weight excluding hydrogens is 393 g/mol. The highest BCUT2D eigenvalue weighted by Crippen LogP contribution is 2.29. The fraction of sp³-hybridized carbons (Fsp3) is 0.545. The molecule has 0 radical (unpaired) electrons. The number of aryl methyl sites for hydroxylation is 2. The van der Waals surface area contributed by atoms with Crippen molar-refractivity contribution in [2.24, 2.45) is 13.0 Å². The molecule has 0 bridgehead atoms. The van der Waals surface area contributed by atoms with Gasteiger partial charge in [-0.2, -0.15) is 18.3 Å². The number of hydrogen-bond donors (Lipinski definition) is 0. The molecule has 1 aliphatic rings. The molecule has 2 aromatic rings. The second-order valence-corrected chi connectivity index (χ2v) is 8.24. The molecule has 3 rings (SSSR count). The fourth-order valence-electron chi connectivity index (χ4n) is 4.17. The summed E-state index contributed by atoms with van der Waals surface area (Å²) in [6, 6.07) is 7.36. The number of piperidine rings is 1. The molecule has 1 fully saturated rings. The summed E-state index contributed by atoms with van der Waals surface area (Å²) >= 11 is 0. The molecule has 1 amide bonds. The molecule has 1 saturated heterocycles. The van der Waals surface area contributed by atoms with Gasteiger partial charge >= 0.3 is 6.18 Å². The smallest absolute Gasteiger partial charge is 0.340 e. The Labute approximate surface area is 175 Å². The van der Waals surface area contributed by atoms with Crippen molar-refractivity contribution >= 4 is 5.91 Å². The topological polar surface area (TPSA) is 41.4 Å². The van der Waals surface area contributed by atoms with Gasteiger partial charge in [0.05, 0.1) is 11.3 Å². The first-order valence-corrected chi connectivity index (χ1v) is 10.3. The van der Waals surface area contributed by atoms with Gasteiger partial charge in [0.25, 0.3) is 5.91 Å². The van der Waals surface area contributed by atoms with Crippen molar-refractivity contribution in [3.63, 3.8) is 0 Å². The van der Waals surface area contributed by atoms with E-state index in [0.29, 0.717) is 30.1 Å². The lowest BCUT2D eigenvalue weighted by molar-refractivity contribution is -0.137. The van der Waals surface area contributed by atoms with E-state index in [1.165, 1.54) is 12.1 Å². The van der Waals surface area contributed by atoms with Crippen molar-refractivity contribution in [1.29, 1.82) is 0 Å². The number of carbonyl (C=O) groups is 1. The van der Waals surface area contributed by atoms with E-state index in [4.69, 9.17) is 0 Å². The lowest BCUT2D eigenvalue weighted by Crippen LogP contribution is -2.42. The summed E-state index contributed by atoms with van der Waals surface area (Å²) in [6.45, 7) is 5.02. The molecule has 0 saturated carbocycles.